The Balaban J connectivity index is 2.29. The quantitative estimate of drug-likeness (QED) is 0.555. The van der Waals surface area contributed by atoms with Crippen LogP contribution >= 0.6 is 0 Å². The molecule has 6 nitrogen and oxygen atoms in total. The number of likely N-dealkylation sites (tertiary alicyclic amines) is 1. The lowest BCUT2D eigenvalue weighted by atomic mass is 10.2. The number of carbonyl (C=O) groups excluding carboxylic acids is 1. The molecule has 6 heteroatoms. The van der Waals surface area contributed by atoms with Gasteiger partial charge in [0.2, 0.25) is 5.91 Å². The summed E-state index contributed by atoms with van der Waals surface area (Å²) in [6.07, 6.45) is 0.683. The van der Waals surface area contributed by atoms with E-state index >= 15 is 0 Å². The second-order valence-corrected chi connectivity index (χ2v) is 3.33. The van der Waals surface area contributed by atoms with Gasteiger partial charge in [-0.05, 0) is 19.4 Å². The number of carboxylic acid groups (broad SMARTS) is 1. The Kier molecular flexibility index (Phi) is 3.70. The highest BCUT2D eigenvalue weighted by Gasteiger charge is 2.28. The van der Waals surface area contributed by atoms with Gasteiger partial charge < -0.3 is 16.2 Å². The fraction of sp³-hybridized carbons (Fsp3) is 0.750. The monoisotopic (exact) mass is 201 g/mol. The van der Waals surface area contributed by atoms with Gasteiger partial charge in [-0.25, -0.2) is 4.79 Å². The molecule has 1 fully saturated rings. The van der Waals surface area contributed by atoms with E-state index in [9.17, 15) is 9.59 Å². The maximum atomic E-state index is 11.0. The molecule has 0 aromatic rings. The second kappa shape index (κ2) is 4.80. The first-order valence-corrected chi connectivity index (χ1v) is 4.61. The van der Waals surface area contributed by atoms with Crippen molar-refractivity contribution in [3.8, 4) is 0 Å². The molecule has 1 atom stereocenters. The summed E-state index contributed by atoms with van der Waals surface area (Å²) in [6, 6.07) is -0.217. The maximum absolute atomic E-state index is 11.0. The molecular formula is C8H15N3O3. The Hall–Kier alpha value is -1.30. The third-order valence-electron chi connectivity index (χ3n) is 2.37. The fourth-order valence-electron chi connectivity index (χ4n) is 1.72. The highest BCUT2D eigenvalue weighted by atomic mass is 16.4. The first-order chi connectivity index (χ1) is 6.61. The molecule has 0 unspecified atom stereocenters. The third kappa shape index (κ3) is 2.88. The van der Waals surface area contributed by atoms with E-state index in [1.807, 2.05) is 4.90 Å². The summed E-state index contributed by atoms with van der Waals surface area (Å²) in [7, 11) is 0. The summed E-state index contributed by atoms with van der Waals surface area (Å²) in [5.74, 6) is -0.321. The van der Waals surface area contributed by atoms with Crippen LogP contribution in [-0.4, -0.2) is 47.7 Å². The topological polar surface area (TPSA) is 95.7 Å². The lowest BCUT2D eigenvalue weighted by molar-refractivity contribution is -0.122. The molecule has 1 aliphatic heterocycles. The number of rotatable bonds is 4. The van der Waals surface area contributed by atoms with E-state index in [0.717, 1.165) is 19.4 Å². The van der Waals surface area contributed by atoms with Crippen LogP contribution in [0.4, 0.5) is 4.79 Å². The number of carbonyl (C=O) groups is 2. The van der Waals surface area contributed by atoms with Crippen LogP contribution in [0.1, 0.15) is 12.8 Å². The maximum Gasteiger partial charge on any atom is 0.404 e. The minimum Gasteiger partial charge on any atom is -0.465 e. The van der Waals surface area contributed by atoms with Gasteiger partial charge in [0.1, 0.15) is 0 Å². The predicted octanol–water partition coefficient (Wildman–Crippen LogP) is -0.796. The molecule has 1 rings (SSSR count). The summed E-state index contributed by atoms with van der Waals surface area (Å²) in [5, 5.41) is 10.6. The van der Waals surface area contributed by atoms with Crippen LogP contribution in [-0.2, 0) is 4.79 Å². The van der Waals surface area contributed by atoms with Gasteiger partial charge in [-0.3, -0.25) is 9.69 Å². The highest BCUT2D eigenvalue weighted by Crippen LogP contribution is 2.15. The molecule has 1 heterocycles. The van der Waals surface area contributed by atoms with Crippen molar-refractivity contribution in [1.29, 1.82) is 0 Å². The lowest BCUT2D eigenvalue weighted by Crippen LogP contribution is -2.43. The zero-order chi connectivity index (χ0) is 10.6. The summed E-state index contributed by atoms with van der Waals surface area (Å²) < 4.78 is 0. The van der Waals surface area contributed by atoms with Gasteiger partial charge in [0.25, 0.3) is 0 Å². The van der Waals surface area contributed by atoms with Gasteiger partial charge in [-0.2, -0.15) is 0 Å². The average molecular weight is 201 g/mol. The normalized spacial score (nSPS) is 22.1. The molecule has 4 N–H and O–H groups in total. The van der Waals surface area contributed by atoms with Crippen molar-refractivity contribution in [2.24, 2.45) is 5.73 Å². The lowest BCUT2D eigenvalue weighted by Gasteiger charge is -2.21. The predicted molar refractivity (Wildman–Crippen MR) is 49.8 cm³/mol. The molecule has 1 aliphatic rings. The zero-order valence-corrected chi connectivity index (χ0v) is 7.90. The van der Waals surface area contributed by atoms with E-state index in [2.05, 4.69) is 5.32 Å². The van der Waals surface area contributed by atoms with Gasteiger partial charge in [-0.1, -0.05) is 0 Å². The van der Waals surface area contributed by atoms with Crippen LogP contribution in [0, 0.1) is 0 Å². The molecule has 14 heavy (non-hydrogen) atoms. The van der Waals surface area contributed by atoms with E-state index in [1.54, 1.807) is 0 Å². The Bertz CT molecular complexity index is 232. The van der Waals surface area contributed by atoms with Crippen molar-refractivity contribution in [2.45, 2.75) is 18.9 Å². The molecule has 0 bridgehead atoms. The molecule has 0 saturated carbocycles. The van der Waals surface area contributed by atoms with Gasteiger partial charge in [-0.15, -0.1) is 0 Å². The molecule has 0 spiro atoms. The number of hydrogen-bond donors (Lipinski definition) is 3. The Morgan fingerprint density at radius 2 is 2.29 bits per heavy atom. The molecule has 0 radical (unpaired) electrons. The number of nitrogens with zero attached hydrogens (tertiary/aromatic N) is 1. The van der Waals surface area contributed by atoms with Gasteiger partial charge in [0.05, 0.1) is 6.04 Å². The van der Waals surface area contributed by atoms with Gasteiger partial charge in [0.15, 0.2) is 0 Å². The van der Waals surface area contributed by atoms with Crippen LogP contribution in [0.3, 0.4) is 0 Å². The van der Waals surface area contributed by atoms with Crippen molar-refractivity contribution in [3.63, 3.8) is 0 Å². The largest absolute Gasteiger partial charge is 0.465 e. The molecule has 2 amide bonds. The van der Waals surface area contributed by atoms with E-state index < -0.39 is 6.09 Å². The molecule has 1 saturated heterocycles. The van der Waals surface area contributed by atoms with Crippen molar-refractivity contribution in [3.05, 3.63) is 0 Å². The van der Waals surface area contributed by atoms with Gasteiger partial charge >= 0.3 is 6.09 Å². The summed E-state index contributed by atoms with van der Waals surface area (Å²) >= 11 is 0. The minimum atomic E-state index is -1.04. The summed E-state index contributed by atoms with van der Waals surface area (Å²) in [4.78, 5) is 23.0. The standard InChI is InChI=1S/C8H15N3O3/c9-7(12)6-2-1-4-11(6)5-3-10-8(13)14/h6,10H,1-5H2,(H2,9,12)(H,13,14)/t6-/m0/s1. The smallest absolute Gasteiger partial charge is 0.404 e. The molecular weight excluding hydrogens is 186 g/mol. The highest BCUT2D eigenvalue weighted by molar-refractivity contribution is 5.80. The summed E-state index contributed by atoms with van der Waals surface area (Å²) in [6.45, 7) is 1.69. The average Bonchev–Trinajstić information content (AvgIpc) is 2.51. The van der Waals surface area contributed by atoms with Crippen molar-refractivity contribution >= 4 is 12.0 Å². The van der Waals surface area contributed by atoms with Crippen LogP contribution < -0.4 is 11.1 Å². The first-order valence-electron chi connectivity index (χ1n) is 4.61. The van der Waals surface area contributed by atoms with E-state index in [4.69, 9.17) is 10.8 Å². The third-order valence-corrected chi connectivity index (χ3v) is 2.37. The van der Waals surface area contributed by atoms with Crippen molar-refractivity contribution in [2.75, 3.05) is 19.6 Å². The Morgan fingerprint density at radius 3 is 2.86 bits per heavy atom. The Morgan fingerprint density at radius 1 is 1.57 bits per heavy atom. The molecule has 0 aromatic carbocycles. The molecule has 0 aromatic heterocycles. The number of primary amides is 1. The SMILES string of the molecule is NC(=O)[C@@H]1CCCN1CCNC(=O)O. The fourth-order valence-corrected chi connectivity index (χ4v) is 1.72. The van der Waals surface area contributed by atoms with E-state index in [-0.39, 0.29) is 11.9 Å². The van der Waals surface area contributed by atoms with Crippen LogP contribution in [0.5, 0.6) is 0 Å². The number of nitrogens with one attached hydrogen (secondary N) is 1. The number of nitrogens with two attached hydrogens (primary N) is 1. The zero-order valence-electron chi connectivity index (χ0n) is 7.90. The minimum absolute atomic E-state index is 0.217. The summed E-state index contributed by atoms with van der Waals surface area (Å²) in [5.41, 5.74) is 5.20. The first kappa shape index (κ1) is 10.8. The van der Waals surface area contributed by atoms with Crippen LogP contribution in [0.15, 0.2) is 0 Å². The van der Waals surface area contributed by atoms with E-state index in [0.29, 0.717) is 13.1 Å². The molecule has 0 aliphatic carbocycles. The van der Waals surface area contributed by atoms with Crippen molar-refractivity contribution in [1.82, 2.24) is 10.2 Å². The van der Waals surface area contributed by atoms with Crippen LogP contribution in [0.25, 0.3) is 0 Å². The second-order valence-electron chi connectivity index (χ2n) is 3.33. The molecule has 80 valence electrons. The van der Waals surface area contributed by atoms with Crippen molar-refractivity contribution < 1.29 is 14.7 Å². The number of amides is 2. The van der Waals surface area contributed by atoms with E-state index in [1.165, 1.54) is 0 Å². The Labute approximate surface area is 82.1 Å². The number of hydrogen-bond acceptors (Lipinski definition) is 3. The van der Waals surface area contributed by atoms with Crippen LogP contribution in [0.2, 0.25) is 0 Å². The van der Waals surface area contributed by atoms with Gasteiger partial charge in [0, 0.05) is 13.1 Å².